The topological polar surface area (TPSA) is 12.0 Å². The van der Waals surface area contributed by atoms with E-state index in [2.05, 4.69) is 63.2 Å². The molecule has 1 heteroatoms. The van der Waals surface area contributed by atoms with E-state index in [0.29, 0.717) is 6.04 Å². The second kappa shape index (κ2) is 4.44. The molecule has 1 aliphatic carbocycles. The van der Waals surface area contributed by atoms with Crippen LogP contribution in [0.4, 0.5) is 0 Å². The van der Waals surface area contributed by atoms with Gasteiger partial charge >= 0.3 is 0 Å². The van der Waals surface area contributed by atoms with E-state index in [9.17, 15) is 0 Å². The Labute approximate surface area is 111 Å². The van der Waals surface area contributed by atoms with Crippen LogP contribution in [-0.2, 0) is 5.41 Å². The quantitative estimate of drug-likeness (QED) is 0.777. The number of hydrogen-bond donors (Lipinski definition) is 1. The van der Waals surface area contributed by atoms with Gasteiger partial charge in [0.2, 0.25) is 0 Å². The minimum absolute atomic E-state index is 0.251. The predicted molar refractivity (Wildman–Crippen MR) is 77.5 cm³/mol. The summed E-state index contributed by atoms with van der Waals surface area (Å²) in [5.74, 6) is 2.83. The van der Waals surface area contributed by atoms with E-state index in [1.807, 2.05) is 0 Å². The lowest BCUT2D eigenvalue weighted by Gasteiger charge is -2.39. The van der Waals surface area contributed by atoms with Crippen molar-refractivity contribution in [3.05, 3.63) is 35.4 Å². The number of fused-ring (bicyclic) bond motifs is 1. The van der Waals surface area contributed by atoms with Gasteiger partial charge in [0.15, 0.2) is 0 Å². The van der Waals surface area contributed by atoms with Crippen molar-refractivity contribution < 1.29 is 0 Å². The van der Waals surface area contributed by atoms with Crippen LogP contribution in [0.1, 0.15) is 57.7 Å². The maximum atomic E-state index is 5.58. The van der Waals surface area contributed by atoms with Crippen molar-refractivity contribution in [3.63, 3.8) is 0 Å². The molecule has 96 valence electrons. The first-order chi connectivity index (χ1) is 8.36. The minimum atomic E-state index is -0.251. The van der Waals surface area contributed by atoms with Crippen molar-refractivity contribution >= 4 is 0 Å². The molecule has 0 spiro atoms. The van der Waals surface area contributed by atoms with Crippen molar-refractivity contribution in [2.24, 2.45) is 0 Å². The molecular formula is C17H23N. The fourth-order valence-corrected chi connectivity index (χ4v) is 2.84. The molecule has 0 aliphatic heterocycles. The van der Waals surface area contributed by atoms with E-state index in [4.69, 9.17) is 6.42 Å². The molecule has 0 radical (unpaired) electrons. The molecule has 0 saturated carbocycles. The minimum Gasteiger partial charge on any atom is -0.295 e. The maximum absolute atomic E-state index is 5.58. The Balaban J connectivity index is 2.35. The van der Waals surface area contributed by atoms with Gasteiger partial charge < -0.3 is 0 Å². The van der Waals surface area contributed by atoms with Gasteiger partial charge in [0.1, 0.15) is 0 Å². The number of benzene rings is 1. The van der Waals surface area contributed by atoms with E-state index in [0.717, 1.165) is 6.42 Å². The summed E-state index contributed by atoms with van der Waals surface area (Å²) in [4.78, 5) is 0. The average molecular weight is 241 g/mol. The Hall–Kier alpha value is -1.26. The molecular weight excluding hydrogens is 218 g/mol. The van der Waals surface area contributed by atoms with Gasteiger partial charge in [-0.1, -0.05) is 44.0 Å². The standard InChI is InChI=1S/C17H23N/c1-6-17(4,5)18-15-11-12-16(2,3)14-10-8-7-9-13(14)15/h1,7-10,15,18H,11-12H2,2-5H3. The Kier molecular flexibility index (Phi) is 3.25. The lowest BCUT2D eigenvalue weighted by atomic mass is 9.70. The first kappa shape index (κ1) is 13.2. The first-order valence-corrected chi connectivity index (χ1v) is 6.71. The zero-order valence-corrected chi connectivity index (χ0v) is 11.9. The van der Waals surface area contributed by atoms with Crippen LogP contribution < -0.4 is 5.32 Å². The molecule has 1 atom stereocenters. The fraction of sp³-hybridized carbons (Fsp3) is 0.529. The predicted octanol–water partition coefficient (Wildman–Crippen LogP) is 3.80. The van der Waals surface area contributed by atoms with Gasteiger partial charge in [-0.15, -0.1) is 6.42 Å². The highest BCUT2D eigenvalue weighted by Gasteiger charge is 2.33. The third-order valence-electron chi connectivity index (χ3n) is 4.02. The first-order valence-electron chi connectivity index (χ1n) is 6.71. The summed E-state index contributed by atoms with van der Waals surface area (Å²) in [6.07, 6.45) is 7.93. The van der Waals surface area contributed by atoms with Crippen molar-refractivity contribution in [1.29, 1.82) is 0 Å². The third-order valence-corrected chi connectivity index (χ3v) is 4.02. The van der Waals surface area contributed by atoms with Crippen LogP contribution in [0, 0.1) is 12.3 Å². The highest BCUT2D eigenvalue weighted by atomic mass is 15.0. The highest BCUT2D eigenvalue weighted by Crippen LogP contribution is 2.41. The molecule has 1 unspecified atom stereocenters. The van der Waals surface area contributed by atoms with Crippen molar-refractivity contribution in [3.8, 4) is 12.3 Å². The van der Waals surface area contributed by atoms with E-state index in [-0.39, 0.29) is 11.0 Å². The Morgan fingerprint density at radius 1 is 1.33 bits per heavy atom. The van der Waals surface area contributed by atoms with Crippen molar-refractivity contribution in [2.45, 2.75) is 57.5 Å². The van der Waals surface area contributed by atoms with Gasteiger partial charge in [0.25, 0.3) is 0 Å². The number of hydrogen-bond acceptors (Lipinski definition) is 1. The monoisotopic (exact) mass is 241 g/mol. The molecule has 0 heterocycles. The normalized spacial score (nSPS) is 22.1. The van der Waals surface area contributed by atoms with Gasteiger partial charge in [-0.3, -0.25) is 5.32 Å². The molecule has 1 N–H and O–H groups in total. The molecule has 2 rings (SSSR count). The fourth-order valence-electron chi connectivity index (χ4n) is 2.84. The smallest absolute Gasteiger partial charge is 0.0746 e. The second-order valence-electron chi connectivity index (χ2n) is 6.48. The van der Waals surface area contributed by atoms with E-state index < -0.39 is 0 Å². The summed E-state index contributed by atoms with van der Waals surface area (Å²) in [7, 11) is 0. The molecule has 1 aromatic rings. The Bertz CT molecular complexity index is 477. The van der Waals surface area contributed by atoms with Crippen molar-refractivity contribution in [1.82, 2.24) is 5.32 Å². The molecule has 1 aromatic carbocycles. The SMILES string of the molecule is C#CC(C)(C)NC1CCC(C)(C)c2ccccc21. The zero-order chi connectivity index (χ0) is 13.4. The van der Waals surface area contributed by atoms with Crippen LogP contribution in [0.5, 0.6) is 0 Å². The summed E-state index contributed by atoms with van der Waals surface area (Å²) in [6, 6.07) is 9.12. The molecule has 0 bridgehead atoms. The molecule has 0 saturated heterocycles. The van der Waals surface area contributed by atoms with Crippen LogP contribution >= 0.6 is 0 Å². The summed E-state index contributed by atoms with van der Waals surface area (Å²) in [5.41, 5.74) is 2.90. The van der Waals surface area contributed by atoms with Crippen LogP contribution in [0.2, 0.25) is 0 Å². The Morgan fingerprint density at radius 3 is 2.67 bits per heavy atom. The van der Waals surface area contributed by atoms with Gasteiger partial charge in [-0.2, -0.15) is 0 Å². The Morgan fingerprint density at radius 2 is 2.00 bits per heavy atom. The zero-order valence-electron chi connectivity index (χ0n) is 11.9. The van der Waals surface area contributed by atoms with Crippen LogP contribution in [0.15, 0.2) is 24.3 Å². The van der Waals surface area contributed by atoms with E-state index >= 15 is 0 Å². The van der Waals surface area contributed by atoms with Crippen LogP contribution in [0.25, 0.3) is 0 Å². The molecule has 1 nitrogen and oxygen atoms in total. The summed E-state index contributed by atoms with van der Waals surface area (Å²) in [5, 5.41) is 3.60. The number of nitrogens with one attached hydrogen (secondary N) is 1. The molecule has 0 amide bonds. The third kappa shape index (κ3) is 2.44. The number of terminal acetylenes is 1. The highest BCUT2D eigenvalue weighted by molar-refractivity contribution is 5.38. The number of rotatable bonds is 2. The van der Waals surface area contributed by atoms with E-state index in [1.54, 1.807) is 0 Å². The summed E-state index contributed by atoms with van der Waals surface area (Å²) in [6.45, 7) is 8.79. The largest absolute Gasteiger partial charge is 0.295 e. The molecule has 1 aliphatic rings. The van der Waals surface area contributed by atoms with Crippen LogP contribution in [0.3, 0.4) is 0 Å². The average Bonchev–Trinajstić information content (AvgIpc) is 2.33. The van der Waals surface area contributed by atoms with E-state index in [1.165, 1.54) is 17.5 Å². The lowest BCUT2D eigenvalue weighted by Crippen LogP contribution is -2.43. The molecule has 18 heavy (non-hydrogen) atoms. The lowest BCUT2D eigenvalue weighted by molar-refractivity contribution is 0.320. The molecule has 0 aromatic heterocycles. The second-order valence-corrected chi connectivity index (χ2v) is 6.48. The summed E-state index contributed by atoms with van der Waals surface area (Å²) >= 11 is 0. The van der Waals surface area contributed by atoms with Gasteiger partial charge in [-0.05, 0) is 43.2 Å². The van der Waals surface area contributed by atoms with Crippen molar-refractivity contribution in [2.75, 3.05) is 0 Å². The van der Waals surface area contributed by atoms with Crippen LogP contribution in [-0.4, -0.2) is 5.54 Å². The summed E-state index contributed by atoms with van der Waals surface area (Å²) < 4.78 is 0. The maximum Gasteiger partial charge on any atom is 0.0746 e. The molecule has 0 fully saturated rings. The van der Waals surface area contributed by atoms with Gasteiger partial charge in [-0.25, -0.2) is 0 Å². The van der Waals surface area contributed by atoms with Gasteiger partial charge in [0.05, 0.1) is 5.54 Å². The van der Waals surface area contributed by atoms with Gasteiger partial charge in [0, 0.05) is 6.04 Å².